The van der Waals surface area contributed by atoms with Gasteiger partial charge < -0.3 is 10.5 Å². The van der Waals surface area contributed by atoms with E-state index in [0.29, 0.717) is 0 Å². The van der Waals surface area contributed by atoms with Gasteiger partial charge >= 0.3 is 5.97 Å². The number of carboxylic acid groups (broad SMARTS) is 1. The summed E-state index contributed by atoms with van der Waals surface area (Å²) in [6.45, 7) is 0. The predicted octanol–water partition coefficient (Wildman–Crippen LogP) is 0.151. The number of aliphatic carboxylic acids is 1. The van der Waals surface area contributed by atoms with E-state index in [-0.39, 0.29) is 0 Å². The molecular weight excluding hydrogens is 156 g/mol. The Morgan fingerprint density at radius 1 is 1.67 bits per heavy atom. The average Bonchev–Trinajstić information content (AvgIpc) is 2.47. The molecule has 0 aromatic heterocycles. The second kappa shape index (κ2) is 2.64. The van der Waals surface area contributed by atoms with E-state index in [4.69, 9.17) is 5.11 Å². The minimum absolute atomic E-state index is 0.537. The van der Waals surface area contributed by atoms with Gasteiger partial charge in [0.2, 0.25) is 0 Å². The van der Waals surface area contributed by atoms with Gasteiger partial charge in [-0.05, 0) is 24.5 Å². The average molecular weight is 166 g/mol. The first-order valence-corrected chi connectivity index (χ1v) is 3.93. The summed E-state index contributed by atoms with van der Waals surface area (Å²) in [6.07, 6.45) is 5.74. The van der Waals surface area contributed by atoms with Crippen molar-refractivity contribution >= 4 is 5.97 Å². The molecule has 1 atom stereocenters. The van der Waals surface area contributed by atoms with Crippen LogP contribution >= 0.6 is 0 Å². The normalized spacial score (nSPS) is 26.8. The predicted molar refractivity (Wildman–Crippen MR) is 43.1 cm³/mol. The lowest BCUT2D eigenvalue weighted by Crippen LogP contribution is -2.38. The third kappa shape index (κ3) is 1.00. The lowest BCUT2D eigenvalue weighted by molar-refractivity contribution is -0.138. The Balaban J connectivity index is 2.27. The lowest BCUT2D eigenvalue weighted by Gasteiger charge is -2.09. The summed E-state index contributed by atoms with van der Waals surface area (Å²) >= 11 is 0. The van der Waals surface area contributed by atoms with E-state index >= 15 is 0 Å². The first-order valence-electron chi connectivity index (χ1n) is 3.93. The van der Waals surface area contributed by atoms with Crippen molar-refractivity contribution in [3.63, 3.8) is 0 Å². The third-order valence-corrected chi connectivity index (χ3v) is 2.16. The molecule has 0 amide bonds. The molecule has 3 N–H and O–H groups in total. The molecule has 0 aromatic carbocycles. The van der Waals surface area contributed by atoms with Crippen molar-refractivity contribution in [2.75, 3.05) is 0 Å². The van der Waals surface area contributed by atoms with Crippen molar-refractivity contribution in [1.29, 1.82) is 0 Å². The number of carboxylic acids is 1. The fourth-order valence-electron chi connectivity index (χ4n) is 1.55. The van der Waals surface area contributed by atoms with Crippen molar-refractivity contribution < 1.29 is 9.90 Å². The standard InChI is InChI=1S/C8H10N2O2/c11-8(12)7-5-3-1-2-4-6(5)9-10-7/h2,4,7,9-10H,1,3H2,(H,11,12). The first-order chi connectivity index (χ1) is 5.79. The maximum Gasteiger partial charge on any atom is 0.326 e. The Morgan fingerprint density at radius 3 is 3.25 bits per heavy atom. The van der Waals surface area contributed by atoms with Crippen LogP contribution in [-0.2, 0) is 4.79 Å². The Bertz CT molecular complexity index is 281. The molecule has 0 fully saturated rings. The molecule has 0 radical (unpaired) electrons. The van der Waals surface area contributed by atoms with E-state index in [1.54, 1.807) is 0 Å². The molecule has 0 saturated carbocycles. The molecule has 12 heavy (non-hydrogen) atoms. The quantitative estimate of drug-likeness (QED) is 0.519. The van der Waals surface area contributed by atoms with Crippen molar-refractivity contribution in [3.05, 3.63) is 23.4 Å². The number of rotatable bonds is 1. The van der Waals surface area contributed by atoms with Crippen LogP contribution in [-0.4, -0.2) is 17.1 Å². The molecule has 0 saturated heterocycles. The second-order valence-electron chi connectivity index (χ2n) is 2.92. The Labute approximate surface area is 69.9 Å². The van der Waals surface area contributed by atoms with Gasteiger partial charge in [0.05, 0.1) is 0 Å². The zero-order valence-corrected chi connectivity index (χ0v) is 6.50. The highest BCUT2D eigenvalue weighted by Crippen LogP contribution is 2.23. The molecule has 1 aliphatic carbocycles. The van der Waals surface area contributed by atoms with Crippen LogP contribution in [0.3, 0.4) is 0 Å². The van der Waals surface area contributed by atoms with Crippen molar-refractivity contribution in [3.8, 4) is 0 Å². The van der Waals surface area contributed by atoms with Crippen LogP contribution in [0.5, 0.6) is 0 Å². The molecule has 1 aliphatic heterocycles. The fraction of sp³-hybridized carbons (Fsp3) is 0.375. The van der Waals surface area contributed by atoms with Gasteiger partial charge in [0, 0.05) is 5.70 Å². The summed E-state index contributed by atoms with van der Waals surface area (Å²) in [4.78, 5) is 10.7. The van der Waals surface area contributed by atoms with Crippen LogP contribution in [0.25, 0.3) is 0 Å². The molecule has 0 bridgehead atoms. The summed E-state index contributed by atoms with van der Waals surface area (Å²) in [5, 5.41) is 8.79. The van der Waals surface area contributed by atoms with Gasteiger partial charge in [-0.1, -0.05) is 6.08 Å². The summed E-state index contributed by atoms with van der Waals surface area (Å²) in [6, 6.07) is -0.537. The van der Waals surface area contributed by atoms with Crippen molar-refractivity contribution in [1.82, 2.24) is 10.9 Å². The minimum Gasteiger partial charge on any atom is -0.480 e. The van der Waals surface area contributed by atoms with Gasteiger partial charge in [0.1, 0.15) is 6.04 Å². The van der Waals surface area contributed by atoms with E-state index in [0.717, 1.165) is 24.1 Å². The SMILES string of the molecule is O=C(O)C1NNC2=C1CCC=C2. The summed E-state index contributed by atoms with van der Waals surface area (Å²) in [5.41, 5.74) is 7.46. The van der Waals surface area contributed by atoms with Crippen LogP contribution in [0, 0.1) is 0 Å². The molecule has 0 spiro atoms. The zero-order valence-electron chi connectivity index (χ0n) is 6.50. The fourth-order valence-corrected chi connectivity index (χ4v) is 1.55. The molecule has 1 unspecified atom stereocenters. The number of hydrogen-bond donors (Lipinski definition) is 3. The van der Waals surface area contributed by atoms with E-state index in [9.17, 15) is 4.79 Å². The summed E-state index contributed by atoms with van der Waals surface area (Å²) < 4.78 is 0. The Morgan fingerprint density at radius 2 is 2.50 bits per heavy atom. The summed E-state index contributed by atoms with van der Waals surface area (Å²) in [5.74, 6) is -0.817. The summed E-state index contributed by atoms with van der Waals surface area (Å²) in [7, 11) is 0. The van der Waals surface area contributed by atoms with Gasteiger partial charge in [-0.2, -0.15) is 0 Å². The third-order valence-electron chi connectivity index (χ3n) is 2.16. The molecular formula is C8H10N2O2. The largest absolute Gasteiger partial charge is 0.480 e. The van der Waals surface area contributed by atoms with Crippen LogP contribution in [0.2, 0.25) is 0 Å². The number of allylic oxidation sites excluding steroid dienone is 2. The van der Waals surface area contributed by atoms with Crippen LogP contribution < -0.4 is 10.9 Å². The lowest BCUT2D eigenvalue weighted by atomic mass is 9.98. The molecule has 64 valence electrons. The highest BCUT2D eigenvalue weighted by Gasteiger charge is 2.29. The van der Waals surface area contributed by atoms with Crippen LogP contribution in [0.15, 0.2) is 23.4 Å². The van der Waals surface area contributed by atoms with Gasteiger partial charge in [0.25, 0.3) is 0 Å². The Kier molecular flexibility index (Phi) is 1.62. The zero-order chi connectivity index (χ0) is 8.55. The second-order valence-corrected chi connectivity index (χ2v) is 2.92. The van der Waals surface area contributed by atoms with E-state index in [2.05, 4.69) is 10.9 Å². The number of carbonyl (C=O) groups is 1. The van der Waals surface area contributed by atoms with Crippen molar-refractivity contribution in [2.45, 2.75) is 18.9 Å². The van der Waals surface area contributed by atoms with Crippen LogP contribution in [0.4, 0.5) is 0 Å². The number of hydrazine groups is 1. The first kappa shape index (κ1) is 7.36. The van der Waals surface area contributed by atoms with E-state index in [1.807, 2.05) is 12.2 Å². The maximum atomic E-state index is 10.7. The maximum absolute atomic E-state index is 10.7. The molecule has 0 aromatic rings. The molecule has 4 nitrogen and oxygen atoms in total. The molecule has 1 heterocycles. The monoisotopic (exact) mass is 166 g/mol. The number of nitrogens with one attached hydrogen (secondary N) is 2. The smallest absolute Gasteiger partial charge is 0.326 e. The molecule has 2 aliphatic rings. The van der Waals surface area contributed by atoms with E-state index in [1.165, 1.54) is 0 Å². The number of hydrogen-bond acceptors (Lipinski definition) is 3. The molecule has 2 rings (SSSR count). The van der Waals surface area contributed by atoms with Crippen LogP contribution in [0.1, 0.15) is 12.8 Å². The van der Waals surface area contributed by atoms with Gasteiger partial charge in [0.15, 0.2) is 0 Å². The topological polar surface area (TPSA) is 61.4 Å². The van der Waals surface area contributed by atoms with Crippen molar-refractivity contribution in [2.24, 2.45) is 0 Å². The Hall–Kier alpha value is -1.29. The van der Waals surface area contributed by atoms with Gasteiger partial charge in [-0.3, -0.25) is 4.79 Å². The van der Waals surface area contributed by atoms with E-state index < -0.39 is 12.0 Å². The van der Waals surface area contributed by atoms with Gasteiger partial charge in [-0.25, -0.2) is 5.43 Å². The minimum atomic E-state index is -0.817. The highest BCUT2D eigenvalue weighted by molar-refractivity contribution is 5.78. The highest BCUT2D eigenvalue weighted by atomic mass is 16.4. The van der Waals surface area contributed by atoms with Gasteiger partial charge in [-0.15, -0.1) is 0 Å². The molecule has 4 heteroatoms.